The summed E-state index contributed by atoms with van der Waals surface area (Å²) in [6.45, 7) is 8.49. The molecule has 1 fully saturated rings. The number of hydrogen-bond donors (Lipinski definition) is 3. The third kappa shape index (κ3) is 7.39. The fourth-order valence-corrected chi connectivity index (χ4v) is 3.18. The number of aliphatic carboxylic acids is 2. The summed E-state index contributed by atoms with van der Waals surface area (Å²) in [4.78, 5) is 22.9. The zero-order valence-electron chi connectivity index (χ0n) is 16.4. The van der Waals surface area contributed by atoms with E-state index in [1.54, 1.807) is 0 Å². The third-order valence-electron chi connectivity index (χ3n) is 4.49. The molecule has 160 valence electrons. The highest BCUT2D eigenvalue weighted by molar-refractivity contribution is 7.80. The van der Waals surface area contributed by atoms with Gasteiger partial charge in [-0.3, -0.25) is 4.90 Å². The van der Waals surface area contributed by atoms with E-state index in [4.69, 9.17) is 41.5 Å². The monoisotopic (exact) mass is 425 g/mol. The Bertz CT molecular complexity index is 710. The molecule has 0 bridgehead atoms. The van der Waals surface area contributed by atoms with Crippen molar-refractivity contribution >= 4 is 29.3 Å². The van der Waals surface area contributed by atoms with E-state index in [2.05, 4.69) is 34.2 Å². The third-order valence-corrected chi connectivity index (χ3v) is 4.89. The van der Waals surface area contributed by atoms with Gasteiger partial charge in [0.1, 0.15) is 0 Å². The average Bonchev–Trinajstić information content (AvgIpc) is 3.17. The van der Waals surface area contributed by atoms with Crippen molar-refractivity contribution in [2.24, 2.45) is 0 Å². The molecule has 3 rings (SSSR count). The number of unbranched alkanes of at least 4 members (excludes halogenated alkanes) is 1. The highest BCUT2D eigenvalue weighted by Gasteiger charge is 2.20. The fourth-order valence-electron chi connectivity index (χ4n) is 2.89. The standard InChI is InChI=1S/C17H25N3O2S.C2H2O4/c1-2-3-6-18-17(23)20-9-7-19(8-10-20)12-14-4-5-15-16(11-14)22-13-21-15;3-1(4)2(5)6/h4-5,11H,2-3,6-10,12-13H2,1H3,(H,18,23);(H,3,4)(H,5,6). The van der Waals surface area contributed by atoms with Crippen LogP contribution >= 0.6 is 12.2 Å². The molecule has 1 aromatic carbocycles. The molecule has 3 N–H and O–H groups in total. The summed E-state index contributed by atoms with van der Waals surface area (Å²) in [6, 6.07) is 6.21. The van der Waals surface area contributed by atoms with Gasteiger partial charge < -0.3 is 29.9 Å². The number of ether oxygens (including phenoxy) is 2. The maximum absolute atomic E-state index is 9.10. The van der Waals surface area contributed by atoms with Crippen molar-refractivity contribution in [1.82, 2.24) is 15.1 Å². The van der Waals surface area contributed by atoms with Crippen molar-refractivity contribution in [3.63, 3.8) is 0 Å². The highest BCUT2D eigenvalue weighted by Crippen LogP contribution is 2.32. The zero-order valence-corrected chi connectivity index (χ0v) is 17.2. The number of nitrogens with one attached hydrogen (secondary N) is 1. The molecule has 0 amide bonds. The van der Waals surface area contributed by atoms with Crippen LogP contribution in [0.4, 0.5) is 0 Å². The maximum atomic E-state index is 9.10. The molecule has 1 saturated heterocycles. The Kier molecular flexibility index (Phi) is 8.94. The van der Waals surface area contributed by atoms with Crippen LogP contribution in [0.2, 0.25) is 0 Å². The van der Waals surface area contributed by atoms with Gasteiger partial charge in [0.25, 0.3) is 0 Å². The number of thiocarbonyl (C=S) groups is 1. The summed E-state index contributed by atoms with van der Waals surface area (Å²) in [5.74, 6) is -1.94. The van der Waals surface area contributed by atoms with Gasteiger partial charge in [-0.25, -0.2) is 9.59 Å². The second-order valence-electron chi connectivity index (χ2n) is 6.65. The number of piperazine rings is 1. The van der Waals surface area contributed by atoms with Crippen molar-refractivity contribution in [1.29, 1.82) is 0 Å². The Morgan fingerprint density at radius 2 is 1.76 bits per heavy atom. The number of benzene rings is 1. The molecule has 0 aromatic heterocycles. The molecule has 10 heteroatoms. The summed E-state index contributed by atoms with van der Waals surface area (Å²) in [5, 5.41) is 19.0. The Morgan fingerprint density at radius 1 is 1.10 bits per heavy atom. The Balaban J connectivity index is 0.000000438. The minimum absolute atomic E-state index is 0.333. The van der Waals surface area contributed by atoms with Crippen LogP contribution in [0.25, 0.3) is 0 Å². The van der Waals surface area contributed by atoms with Crippen LogP contribution in [0.1, 0.15) is 25.3 Å². The molecule has 0 spiro atoms. The number of carbonyl (C=O) groups is 2. The van der Waals surface area contributed by atoms with E-state index in [1.165, 1.54) is 18.4 Å². The van der Waals surface area contributed by atoms with Crippen LogP contribution in [0.3, 0.4) is 0 Å². The summed E-state index contributed by atoms with van der Waals surface area (Å²) in [7, 11) is 0. The molecule has 2 aliphatic rings. The molecular weight excluding hydrogens is 398 g/mol. The van der Waals surface area contributed by atoms with Crippen molar-refractivity contribution < 1.29 is 29.3 Å². The van der Waals surface area contributed by atoms with Gasteiger partial charge in [0.2, 0.25) is 6.79 Å². The van der Waals surface area contributed by atoms with Gasteiger partial charge in [0.05, 0.1) is 0 Å². The smallest absolute Gasteiger partial charge is 0.414 e. The predicted octanol–water partition coefficient (Wildman–Crippen LogP) is 1.36. The quantitative estimate of drug-likeness (QED) is 0.363. The van der Waals surface area contributed by atoms with Gasteiger partial charge in [-0.05, 0) is 36.3 Å². The second kappa shape index (κ2) is 11.4. The van der Waals surface area contributed by atoms with Gasteiger partial charge in [-0.2, -0.15) is 0 Å². The summed E-state index contributed by atoms with van der Waals surface area (Å²) >= 11 is 5.48. The molecule has 0 unspecified atom stereocenters. The average molecular weight is 426 g/mol. The minimum Gasteiger partial charge on any atom is -0.473 e. The number of rotatable bonds is 5. The first kappa shape index (κ1) is 22.7. The van der Waals surface area contributed by atoms with Gasteiger partial charge in [-0.1, -0.05) is 19.4 Å². The number of hydrogen-bond acceptors (Lipinski definition) is 6. The number of fused-ring (bicyclic) bond motifs is 1. The molecule has 29 heavy (non-hydrogen) atoms. The van der Waals surface area contributed by atoms with Crippen molar-refractivity contribution in [2.75, 3.05) is 39.5 Å². The first-order valence-electron chi connectivity index (χ1n) is 9.50. The molecule has 2 heterocycles. The van der Waals surface area contributed by atoms with Crippen LogP contribution < -0.4 is 14.8 Å². The highest BCUT2D eigenvalue weighted by atomic mass is 32.1. The van der Waals surface area contributed by atoms with Gasteiger partial charge in [-0.15, -0.1) is 0 Å². The lowest BCUT2D eigenvalue weighted by Gasteiger charge is -2.36. The SMILES string of the molecule is CCCCNC(=S)N1CCN(Cc2ccc3c(c2)OCO3)CC1.O=C(O)C(=O)O. The number of carboxylic acids is 2. The first-order chi connectivity index (χ1) is 13.9. The molecule has 2 aliphatic heterocycles. The second-order valence-corrected chi connectivity index (χ2v) is 7.03. The van der Waals surface area contributed by atoms with E-state index in [1.807, 2.05) is 6.07 Å². The van der Waals surface area contributed by atoms with Crippen LogP contribution in [0, 0.1) is 0 Å². The summed E-state index contributed by atoms with van der Waals surface area (Å²) < 4.78 is 10.8. The van der Waals surface area contributed by atoms with Gasteiger partial charge in [0, 0.05) is 39.3 Å². The van der Waals surface area contributed by atoms with Crippen LogP contribution in [-0.2, 0) is 16.1 Å². The van der Waals surface area contributed by atoms with Gasteiger partial charge >= 0.3 is 11.9 Å². The van der Waals surface area contributed by atoms with E-state index in [9.17, 15) is 0 Å². The van der Waals surface area contributed by atoms with Crippen molar-refractivity contribution in [3.8, 4) is 11.5 Å². The lowest BCUT2D eigenvalue weighted by molar-refractivity contribution is -0.159. The minimum atomic E-state index is -1.82. The Morgan fingerprint density at radius 3 is 2.38 bits per heavy atom. The molecule has 0 saturated carbocycles. The first-order valence-corrected chi connectivity index (χ1v) is 9.91. The maximum Gasteiger partial charge on any atom is 0.414 e. The van der Waals surface area contributed by atoms with Crippen molar-refractivity contribution in [3.05, 3.63) is 23.8 Å². The van der Waals surface area contributed by atoms with Crippen LogP contribution in [0.15, 0.2) is 18.2 Å². The fraction of sp³-hybridized carbons (Fsp3) is 0.526. The molecule has 0 atom stereocenters. The van der Waals surface area contributed by atoms with Gasteiger partial charge in [0.15, 0.2) is 16.6 Å². The van der Waals surface area contributed by atoms with Crippen LogP contribution in [0.5, 0.6) is 11.5 Å². The van der Waals surface area contributed by atoms with E-state index in [0.717, 1.165) is 55.9 Å². The Hall–Kier alpha value is -2.59. The number of nitrogens with zero attached hydrogens (tertiary/aromatic N) is 2. The van der Waals surface area contributed by atoms with E-state index >= 15 is 0 Å². The van der Waals surface area contributed by atoms with Crippen LogP contribution in [-0.4, -0.2) is 76.6 Å². The summed E-state index contributed by atoms with van der Waals surface area (Å²) in [5.41, 5.74) is 1.27. The predicted molar refractivity (Wildman–Crippen MR) is 110 cm³/mol. The molecule has 1 aromatic rings. The number of carboxylic acid groups (broad SMARTS) is 2. The molecule has 0 radical (unpaired) electrons. The van der Waals surface area contributed by atoms with E-state index in [0.29, 0.717) is 6.79 Å². The largest absolute Gasteiger partial charge is 0.473 e. The zero-order chi connectivity index (χ0) is 21.2. The molecular formula is C19H27N3O6S. The normalized spacial score (nSPS) is 15.3. The molecule has 0 aliphatic carbocycles. The van der Waals surface area contributed by atoms with E-state index < -0.39 is 11.9 Å². The lowest BCUT2D eigenvalue weighted by atomic mass is 10.1. The van der Waals surface area contributed by atoms with Crippen molar-refractivity contribution in [2.45, 2.75) is 26.3 Å². The van der Waals surface area contributed by atoms with E-state index in [-0.39, 0.29) is 0 Å². The Labute approximate surface area is 175 Å². The molecule has 9 nitrogen and oxygen atoms in total. The lowest BCUT2D eigenvalue weighted by Crippen LogP contribution is -2.51. The topological polar surface area (TPSA) is 112 Å². The summed E-state index contributed by atoms with van der Waals surface area (Å²) in [6.07, 6.45) is 2.36.